The number of benzene rings is 2. The third-order valence-corrected chi connectivity index (χ3v) is 3.77. The van der Waals surface area contributed by atoms with Gasteiger partial charge in [0.1, 0.15) is 0 Å². The van der Waals surface area contributed by atoms with E-state index in [0.717, 1.165) is 0 Å². The largest absolute Gasteiger partial charge is 0.255 e. The van der Waals surface area contributed by atoms with Crippen LogP contribution >= 0.6 is 0 Å². The minimum atomic E-state index is -0.630. The molecule has 0 aliphatic carbocycles. The summed E-state index contributed by atoms with van der Waals surface area (Å²) in [7, 11) is 26.3. The van der Waals surface area contributed by atoms with Crippen LogP contribution in [0.2, 0.25) is 0 Å². The fourth-order valence-electron chi connectivity index (χ4n) is 2.13. The van der Waals surface area contributed by atoms with E-state index in [4.69, 9.17) is 38.7 Å². The Labute approximate surface area is 208 Å². The summed E-state index contributed by atoms with van der Waals surface area (Å²) >= 11 is 0. The van der Waals surface area contributed by atoms with Crippen LogP contribution in [0.15, 0.2) is 54.6 Å². The number of hydrogen-bond acceptors (Lipinski definition) is 0. The molecular formula is C23H39B8F. The van der Waals surface area contributed by atoms with Crippen LogP contribution in [0.3, 0.4) is 0 Å². The van der Waals surface area contributed by atoms with Gasteiger partial charge in [0.15, 0.2) is 0 Å². The topological polar surface area (TPSA) is 0 Å². The van der Waals surface area contributed by atoms with Crippen molar-refractivity contribution in [1.82, 2.24) is 0 Å². The number of aryl methyl sites for hydroxylation is 1. The van der Waals surface area contributed by atoms with Crippen molar-refractivity contribution in [3.05, 3.63) is 60.2 Å². The van der Waals surface area contributed by atoms with E-state index < -0.39 is 19.2 Å². The predicted molar refractivity (Wildman–Crippen MR) is 158 cm³/mol. The molecule has 0 amide bonds. The normalized spacial score (nSPS) is 7.91. The number of rotatable bonds is 6. The highest BCUT2D eigenvalue weighted by Crippen LogP contribution is 2.19. The van der Waals surface area contributed by atoms with E-state index in [0.29, 0.717) is 7.18 Å². The molecule has 0 heterocycles. The molecule has 10 radical (unpaired) electrons. The highest BCUT2D eigenvalue weighted by molar-refractivity contribution is 7.89. The summed E-state index contributed by atoms with van der Waals surface area (Å²) in [5.74, 6) is 0. The monoisotopic (exact) mass is 422 g/mol. The molecule has 32 heavy (non-hydrogen) atoms. The maximum absolute atomic E-state index is 9.50. The molecule has 0 aliphatic heterocycles. The van der Waals surface area contributed by atoms with Crippen molar-refractivity contribution in [1.29, 1.82) is 0 Å². The number of alkyl halides is 1. The molecule has 2 aromatic rings. The quantitative estimate of drug-likeness (QED) is 0.555. The molecule has 0 bridgehead atoms. The smallest absolute Gasteiger partial charge is 0.0785 e. The summed E-state index contributed by atoms with van der Waals surface area (Å²) in [5, 5.41) is 0. The summed E-state index contributed by atoms with van der Waals surface area (Å²) < 4.78 is 9.50. The Morgan fingerprint density at radius 1 is 0.625 bits per heavy atom. The summed E-state index contributed by atoms with van der Waals surface area (Å²) in [6, 6.07) is 19.5. The molecule has 0 spiro atoms. The molecule has 2 aromatic carbocycles. The van der Waals surface area contributed by atoms with Crippen LogP contribution in [0.1, 0.15) is 66.9 Å². The van der Waals surface area contributed by atoms with Crippen LogP contribution in [-0.2, 0) is 6.42 Å². The Morgan fingerprint density at radius 3 is 1.31 bits per heavy atom. The van der Waals surface area contributed by atoms with Gasteiger partial charge < -0.3 is 0 Å². The second kappa shape index (κ2) is 29.9. The fourth-order valence-corrected chi connectivity index (χ4v) is 2.13. The van der Waals surface area contributed by atoms with Crippen LogP contribution in [0, 0.1) is 0 Å². The molecule has 0 saturated carbocycles. The summed E-state index contributed by atoms with van der Waals surface area (Å²) in [4.78, 5) is 0. The Kier molecular flexibility index (Phi) is 35.6. The zero-order chi connectivity index (χ0) is 25.9. The summed E-state index contributed by atoms with van der Waals surface area (Å²) in [5.41, 5.74) is 4.05. The standard InChI is InChI=1S/C16H18.3C2H6.CH3F.B8/c1-2-3-7-14-10-12-16(13-11-14)15-8-5-4-6-9-15;4*1-2;1-6(2)8(5)7(3)4/h4-6,8-13H,2-3,7H2,1H3;3*1-2H3;1H3;. The van der Waals surface area contributed by atoms with Crippen molar-refractivity contribution in [3.8, 4) is 11.1 Å². The molecule has 9 heteroatoms. The first-order chi connectivity index (χ1) is 15.5. The minimum absolute atomic E-state index is 0.500. The molecule has 162 valence electrons. The second-order valence-corrected chi connectivity index (χ2v) is 5.90. The Bertz CT molecular complexity index is 558. The highest BCUT2D eigenvalue weighted by Gasteiger charge is 2.14. The van der Waals surface area contributed by atoms with Crippen molar-refractivity contribution in [3.63, 3.8) is 0 Å². The van der Waals surface area contributed by atoms with Crippen molar-refractivity contribution >= 4 is 57.8 Å². The van der Waals surface area contributed by atoms with Crippen LogP contribution in [-0.4, -0.2) is 65.0 Å². The molecule has 0 atom stereocenters. The van der Waals surface area contributed by atoms with Crippen LogP contribution in [0.25, 0.3) is 11.1 Å². The van der Waals surface area contributed by atoms with E-state index in [1.807, 2.05) is 41.5 Å². The summed E-state index contributed by atoms with van der Waals surface area (Å²) in [6.45, 7) is 14.2. The van der Waals surface area contributed by atoms with E-state index in [9.17, 15) is 4.39 Å². The zero-order valence-corrected chi connectivity index (χ0v) is 21.8. The third-order valence-electron chi connectivity index (χ3n) is 3.77. The van der Waals surface area contributed by atoms with Gasteiger partial charge in [0, 0.05) is 57.8 Å². The molecule has 0 fully saturated rings. The van der Waals surface area contributed by atoms with Gasteiger partial charge in [-0.3, -0.25) is 4.39 Å². The number of hydrogen-bond donors (Lipinski definition) is 0. The van der Waals surface area contributed by atoms with Gasteiger partial charge in [-0.2, -0.15) is 0 Å². The van der Waals surface area contributed by atoms with Crippen LogP contribution < -0.4 is 0 Å². The van der Waals surface area contributed by atoms with Gasteiger partial charge in [-0.15, -0.1) is 0 Å². The van der Waals surface area contributed by atoms with Crippen molar-refractivity contribution in [2.24, 2.45) is 0 Å². The molecule has 0 unspecified atom stereocenters. The zero-order valence-electron chi connectivity index (χ0n) is 21.8. The minimum Gasteiger partial charge on any atom is -0.255 e. The lowest BCUT2D eigenvalue weighted by atomic mass is 8.68. The third kappa shape index (κ3) is 20.8. The predicted octanol–water partition coefficient (Wildman–Crippen LogP) is 5.31. The van der Waals surface area contributed by atoms with E-state index in [2.05, 4.69) is 61.5 Å². The lowest BCUT2D eigenvalue weighted by molar-refractivity contribution is 0.636. The molecular weight excluding hydrogens is 382 g/mol. The van der Waals surface area contributed by atoms with Gasteiger partial charge in [0.25, 0.3) is 0 Å². The van der Waals surface area contributed by atoms with Gasteiger partial charge in [0.2, 0.25) is 0 Å². The van der Waals surface area contributed by atoms with E-state index >= 15 is 0 Å². The molecule has 0 aromatic heterocycles. The van der Waals surface area contributed by atoms with Crippen LogP contribution in [0.4, 0.5) is 4.39 Å². The molecule has 0 N–H and O–H groups in total. The van der Waals surface area contributed by atoms with E-state index in [1.54, 1.807) is 0 Å². The first kappa shape index (κ1) is 38.2. The lowest BCUT2D eigenvalue weighted by Gasteiger charge is -2.13. The average molecular weight is 421 g/mol. The summed E-state index contributed by atoms with van der Waals surface area (Å²) in [6.07, 6.45) is 1.97. The van der Waals surface area contributed by atoms with Gasteiger partial charge in [0.05, 0.1) is 7.18 Å². The molecule has 0 nitrogen and oxygen atoms in total. The maximum atomic E-state index is 9.50. The first-order valence-electron chi connectivity index (χ1n) is 11.8. The SMILES string of the molecule is CC.CC.CC.CCCCc1ccc(-c2ccccc2)cc1.CF.[B]B([B])B([B])B([B])[B]. The van der Waals surface area contributed by atoms with Crippen molar-refractivity contribution in [2.75, 3.05) is 7.18 Å². The lowest BCUT2D eigenvalue weighted by Crippen LogP contribution is -2.52. The van der Waals surface area contributed by atoms with Gasteiger partial charge in [-0.1, -0.05) is 109 Å². The first-order valence-corrected chi connectivity index (χ1v) is 11.8. The van der Waals surface area contributed by atoms with Crippen molar-refractivity contribution < 1.29 is 4.39 Å². The molecule has 0 saturated heterocycles. The van der Waals surface area contributed by atoms with E-state index in [1.165, 1.54) is 36.0 Å². The maximum Gasteiger partial charge on any atom is 0.0785 e. The van der Waals surface area contributed by atoms with Gasteiger partial charge in [-0.05, 0) is 29.5 Å². The van der Waals surface area contributed by atoms with Crippen molar-refractivity contribution in [2.45, 2.75) is 67.7 Å². The second-order valence-electron chi connectivity index (χ2n) is 5.90. The van der Waals surface area contributed by atoms with Gasteiger partial charge in [-0.25, -0.2) is 0 Å². The number of halogens is 1. The Balaban J connectivity index is -0.000000208. The average Bonchev–Trinajstić information content (AvgIpc) is 2.88. The molecule has 0 aliphatic rings. The molecule has 2 rings (SSSR count). The van der Waals surface area contributed by atoms with Crippen LogP contribution in [0.5, 0.6) is 0 Å². The Morgan fingerprint density at radius 2 is 1.00 bits per heavy atom. The Hall–Kier alpha value is -1.11. The fraction of sp³-hybridized carbons (Fsp3) is 0.478. The number of unbranched alkanes of at least 4 members (excludes halogenated alkanes) is 1. The van der Waals surface area contributed by atoms with Gasteiger partial charge >= 0.3 is 0 Å². The van der Waals surface area contributed by atoms with E-state index in [-0.39, 0.29) is 0 Å². The highest BCUT2D eigenvalue weighted by atomic mass is 19.1.